The van der Waals surface area contributed by atoms with Crippen LogP contribution in [0.15, 0.2) is 48.7 Å². The lowest BCUT2D eigenvalue weighted by Gasteiger charge is -2.14. The van der Waals surface area contributed by atoms with Crippen molar-refractivity contribution in [2.75, 3.05) is 5.32 Å². The Labute approximate surface area is 122 Å². The van der Waals surface area contributed by atoms with Crippen molar-refractivity contribution in [2.45, 2.75) is 13.0 Å². The summed E-state index contributed by atoms with van der Waals surface area (Å²) < 4.78 is 0. The van der Waals surface area contributed by atoms with Gasteiger partial charge in [-0.2, -0.15) is 0 Å². The van der Waals surface area contributed by atoms with Gasteiger partial charge in [0.05, 0.1) is 6.04 Å². The number of nitrogens with zero attached hydrogens (tertiary/aromatic N) is 1. The van der Waals surface area contributed by atoms with E-state index in [2.05, 4.69) is 15.6 Å². The standard InChI is InChI=1S/C15H16N4O2/c1-10(18-14(20)13-4-2-3-9-17-13)11-5-7-12(8-6-11)19-15(16)21/h2-10H,1H3,(H,18,20)(H3,16,19,21). The third-order valence-electron chi connectivity index (χ3n) is 2.92. The Morgan fingerprint density at radius 3 is 2.43 bits per heavy atom. The third kappa shape index (κ3) is 4.04. The van der Waals surface area contributed by atoms with Gasteiger partial charge < -0.3 is 16.4 Å². The van der Waals surface area contributed by atoms with E-state index in [4.69, 9.17) is 5.73 Å². The van der Waals surface area contributed by atoms with Crippen LogP contribution in [0.4, 0.5) is 10.5 Å². The number of amides is 3. The molecule has 0 saturated heterocycles. The van der Waals surface area contributed by atoms with Gasteiger partial charge in [0.2, 0.25) is 0 Å². The van der Waals surface area contributed by atoms with Crippen molar-refractivity contribution in [1.82, 2.24) is 10.3 Å². The molecule has 2 aromatic rings. The quantitative estimate of drug-likeness (QED) is 0.801. The highest BCUT2D eigenvalue weighted by atomic mass is 16.2. The molecule has 0 aliphatic carbocycles. The number of aromatic nitrogens is 1. The van der Waals surface area contributed by atoms with E-state index in [1.807, 2.05) is 19.1 Å². The average molecular weight is 284 g/mol. The maximum atomic E-state index is 12.0. The SMILES string of the molecule is CC(NC(=O)c1ccccn1)c1ccc(NC(N)=O)cc1. The number of pyridine rings is 1. The van der Waals surface area contributed by atoms with Crippen LogP contribution in [0.3, 0.4) is 0 Å². The van der Waals surface area contributed by atoms with Crippen LogP contribution in [-0.4, -0.2) is 16.9 Å². The summed E-state index contributed by atoms with van der Waals surface area (Å²) in [4.78, 5) is 26.7. The van der Waals surface area contributed by atoms with Crippen molar-refractivity contribution in [1.29, 1.82) is 0 Å². The van der Waals surface area contributed by atoms with E-state index in [0.717, 1.165) is 5.56 Å². The van der Waals surface area contributed by atoms with Gasteiger partial charge in [-0.1, -0.05) is 18.2 Å². The molecule has 0 bridgehead atoms. The van der Waals surface area contributed by atoms with Gasteiger partial charge >= 0.3 is 6.03 Å². The zero-order valence-electron chi connectivity index (χ0n) is 11.5. The van der Waals surface area contributed by atoms with Gasteiger partial charge in [-0.25, -0.2) is 4.79 Å². The highest BCUT2D eigenvalue weighted by molar-refractivity contribution is 5.92. The molecule has 0 radical (unpaired) electrons. The molecule has 3 amide bonds. The minimum Gasteiger partial charge on any atom is -0.351 e. The van der Waals surface area contributed by atoms with Crippen molar-refractivity contribution in [3.8, 4) is 0 Å². The summed E-state index contributed by atoms with van der Waals surface area (Å²) in [5, 5.41) is 5.34. The second kappa shape index (κ2) is 6.51. The highest BCUT2D eigenvalue weighted by Crippen LogP contribution is 2.16. The van der Waals surface area contributed by atoms with Gasteiger partial charge in [0.1, 0.15) is 5.69 Å². The van der Waals surface area contributed by atoms with E-state index in [1.54, 1.807) is 36.5 Å². The molecule has 4 N–H and O–H groups in total. The van der Waals surface area contributed by atoms with Crippen molar-refractivity contribution < 1.29 is 9.59 Å². The zero-order valence-corrected chi connectivity index (χ0v) is 11.5. The Hall–Kier alpha value is -2.89. The van der Waals surface area contributed by atoms with Crippen LogP contribution in [0.1, 0.15) is 29.0 Å². The summed E-state index contributed by atoms with van der Waals surface area (Å²) >= 11 is 0. The molecule has 1 unspecified atom stereocenters. The predicted molar refractivity (Wildman–Crippen MR) is 79.8 cm³/mol. The normalized spacial score (nSPS) is 11.5. The van der Waals surface area contributed by atoms with Crippen LogP contribution in [0.2, 0.25) is 0 Å². The average Bonchev–Trinajstić information content (AvgIpc) is 2.48. The first-order valence-electron chi connectivity index (χ1n) is 6.44. The topological polar surface area (TPSA) is 97.1 Å². The smallest absolute Gasteiger partial charge is 0.316 e. The molecule has 0 fully saturated rings. The number of hydrogen-bond acceptors (Lipinski definition) is 3. The van der Waals surface area contributed by atoms with Crippen LogP contribution in [-0.2, 0) is 0 Å². The number of rotatable bonds is 4. The molecule has 1 atom stereocenters. The molecule has 1 heterocycles. The Kier molecular flexibility index (Phi) is 4.50. The summed E-state index contributed by atoms with van der Waals surface area (Å²) in [5.74, 6) is -0.234. The number of urea groups is 1. The number of hydrogen-bond donors (Lipinski definition) is 3. The summed E-state index contributed by atoms with van der Waals surface area (Å²) in [6, 6.07) is 11.5. The summed E-state index contributed by atoms with van der Waals surface area (Å²) in [6.45, 7) is 1.87. The fraction of sp³-hybridized carbons (Fsp3) is 0.133. The second-order valence-electron chi connectivity index (χ2n) is 4.52. The van der Waals surface area contributed by atoms with E-state index in [9.17, 15) is 9.59 Å². The van der Waals surface area contributed by atoms with Gasteiger partial charge in [0.25, 0.3) is 5.91 Å². The predicted octanol–water partition coefficient (Wildman–Crippen LogP) is 2.06. The van der Waals surface area contributed by atoms with Gasteiger partial charge in [-0.05, 0) is 36.8 Å². The minimum absolute atomic E-state index is 0.179. The molecule has 0 aliphatic rings. The number of benzene rings is 1. The molecule has 108 valence electrons. The lowest BCUT2D eigenvalue weighted by atomic mass is 10.1. The first kappa shape index (κ1) is 14.5. The summed E-state index contributed by atoms with van der Waals surface area (Å²) in [6.07, 6.45) is 1.57. The lowest BCUT2D eigenvalue weighted by molar-refractivity contribution is 0.0935. The van der Waals surface area contributed by atoms with Gasteiger partial charge in [-0.15, -0.1) is 0 Å². The summed E-state index contributed by atoms with van der Waals surface area (Å²) in [5.41, 5.74) is 6.93. The van der Waals surface area contributed by atoms with E-state index in [-0.39, 0.29) is 11.9 Å². The second-order valence-corrected chi connectivity index (χ2v) is 4.52. The number of carbonyl (C=O) groups excluding carboxylic acids is 2. The fourth-order valence-electron chi connectivity index (χ4n) is 1.85. The van der Waals surface area contributed by atoms with Crippen LogP contribution in [0.25, 0.3) is 0 Å². The van der Waals surface area contributed by atoms with Crippen LogP contribution < -0.4 is 16.4 Å². The van der Waals surface area contributed by atoms with Crippen molar-refractivity contribution in [3.05, 3.63) is 59.9 Å². The Morgan fingerprint density at radius 2 is 1.86 bits per heavy atom. The van der Waals surface area contributed by atoms with Gasteiger partial charge in [0.15, 0.2) is 0 Å². The molecule has 6 heteroatoms. The molecule has 0 spiro atoms. The van der Waals surface area contributed by atoms with Crippen molar-refractivity contribution >= 4 is 17.6 Å². The first-order valence-corrected chi connectivity index (χ1v) is 6.44. The number of carbonyl (C=O) groups is 2. The van der Waals surface area contributed by atoms with Gasteiger partial charge in [-0.3, -0.25) is 9.78 Å². The third-order valence-corrected chi connectivity index (χ3v) is 2.92. The fourth-order valence-corrected chi connectivity index (χ4v) is 1.85. The molecule has 0 saturated carbocycles. The van der Waals surface area contributed by atoms with Crippen molar-refractivity contribution in [3.63, 3.8) is 0 Å². The van der Waals surface area contributed by atoms with Gasteiger partial charge in [0, 0.05) is 11.9 Å². The van der Waals surface area contributed by atoms with E-state index in [0.29, 0.717) is 11.4 Å². The molecule has 0 aliphatic heterocycles. The summed E-state index contributed by atoms with van der Waals surface area (Å²) in [7, 11) is 0. The number of nitrogens with two attached hydrogens (primary N) is 1. The molecular formula is C15H16N4O2. The van der Waals surface area contributed by atoms with E-state index < -0.39 is 6.03 Å². The Morgan fingerprint density at radius 1 is 1.14 bits per heavy atom. The largest absolute Gasteiger partial charge is 0.351 e. The molecule has 6 nitrogen and oxygen atoms in total. The Balaban J connectivity index is 2.01. The lowest BCUT2D eigenvalue weighted by Crippen LogP contribution is -2.27. The van der Waals surface area contributed by atoms with E-state index >= 15 is 0 Å². The van der Waals surface area contributed by atoms with Crippen LogP contribution >= 0.6 is 0 Å². The zero-order chi connectivity index (χ0) is 15.2. The van der Waals surface area contributed by atoms with Crippen molar-refractivity contribution in [2.24, 2.45) is 5.73 Å². The molecule has 21 heavy (non-hydrogen) atoms. The maximum Gasteiger partial charge on any atom is 0.316 e. The number of anilines is 1. The first-order chi connectivity index (χ1) is 10.1. The maximum absolute atomic E-state index is 12.0. The molecule has 2 rings (SSSR count). The van der Waals surface area contributed by atoms with Crippen LogP contribution in [0, 0.1) is 0 Å². The number of primary amides is 1. The Bertz CT molecular complexity index is 626. The molecule has 1 aromatic heterocycles. The molecular weight excluding hydrogens is 268 g/mol. The minimum atomic E-state index is -0.612. The van der Waals surface area contributed by atoms with E-state index in [1.165, 1.54) is 0 Å². The monoisotopic (exact) mass is 284 g/mol. The van der Waals surface area contributed by atoms with Crippen LogP contribution in [0.5, 0.6) is 0 Å². The number of nitrogens with one attached hydrogen (secondary N) is 2. The molecule has 1 aromatic carbocycles. The highest BCUT2D eigenvalue weighted by Gasteiger charge is 2.12.